The van der Waals surface area contributed by atoms with Crippen LogP contribution in [0.5, 0.6) is 17.2 Å². The van der Waals surface area contributed by atoms with E-state index < -0.39 is 5.97 Å². The Morgan fingerprint density at radius 2 is 1.72 bits per heavy atom. The minimum atomic E-state index is -0.537. The van der Waals surface area contributed by atoms with Gasteiger partial charge in [0.1, 0.15) is 10.1 Å². The number of methoxy groups -OCH3 is 2. The van der Waals surface area contributed by atoms with E-state index in [1.54, 1.807) is 42.4 Å². The van der Waals surface area contributed by atoms with Crippen LogP contribution in [0.15, 0.2) is 53.4 Å². The molecular formula is C24H23NO5S2. The molecule has 6 nitrogen and oxygen atoms in total. The molecule has 0 bridgehead atoms. The lowest BCUT2D eigenvalue weighted by Gasteiger charge is -2.18. The number of esters is 1. The zero-order valence-electron chi connectivity index (χ0n) is 18.2. The van der Waals surface area contributed by atoms with Crippen molar-refractivity contribution in [2.24, 2.45) is 0 Å². The first-order valence-electron chi connectivity index (χ1n) is 9.81. The van der Waals surface area contributed by atoms with Gasteiger partial charge in [-0.15, -0.1) is 0 Å². The van der Waals surface area contributed by atoms with Crippen molar-refractivity contribution < 1.29 is 23.8 Å². The van der Waals surface area contributed by atoms with Gasteiger partial charge in [0.05, 0.1) is 19.1 Å². The molecule has 0 spiro atoms. The lowest BCUT2D eigenvalue weighted by Crippen LogP contribution is -2.34. The maximum atomic E-state index is 12.6. The van der Waals surface area contributed by atoms with Crippen molar-refractivity contribution in [3.05, 3.63) is 64.6 Å². The lowest BCUT2D eigenvalue weighted by atomic mass is 10.1. The number of thioether (sulfide) groups is 1. The zero-order chi connectivity index (χ0) is 23.3. The topological polar surface area (TPSA) is 65.1 Å². The minimum Gasteiger partial charge on any atom is -0.497 e. The van der Waals surface area contributed by atoms with Crippen LogP contribution in [0.25, 0.3) is 12.2 Å². The van der Waals surface area contributed by atoms with E-state index in [1.807, 2.05) is 38.1 Å². The fourth-order valence-electron chi connectivity index (χ4n) is 2.96. The average Bonchev–Trinajstić information content (AvgIpc) is 3.06. The first kappa shape index (κ1) is 23.6. The van der Waals surface area contributed by atoms with Gasteiger partial charge in [-0.1, -0.05) is 42.2 Å². The van der Waals surface area contributed by atoms with Gasteiger partial charge in [-0.3, -0.25) is 9.69 Å². The molecule has 32 heavy (non-hydrogen) atoms. The molecule has 2 aromatic rings. The van der Waals surface area contributed by atoms with E-state index in [9.17, 15) is 9.59 Å². The van der Waals surface area contributed by atoms with Crippen LogP contribution < -0.4 is 14.2 Å². The summed E-state index contributed by atoms with van der Waals surface area (Å²) in [6, 6.07) is 12.4. The summed E-state index contributed by atoms with van der Waals surface area (Å²) in [5, 5.41) is 0. The van der Waals surface area contributed by atoms with Crippen molar-refractivity contribution in [2.75, 3.05) is 14.2 Å². The molecule has 166 valence electrons. The number of amides is 1. The maximum absolute atomic E-state index is 12.6. The third kappa shape index (κ3) is 5.57. The highest BCUT2D eigenvalue weighted by Crippen LogP contribution is 2.35. The van der Waals surface area contributed by atoms with E-state index in [1.165, 1.54) is 24.9 Å². The minimum absolute atomic E-state index is 0.00399. The first-order valence-corrected chi connectivity index (χ1v) is 11.0. The quantitative estimate of drug-likeness (QED) is 0.246. The van der Waals surface area contributed by atoms with Crippen LogP contribution in [0, 0.1) is 0 Å². The van der Waals surface area contributed by atoms with Crippen LogP contribution in [0.2, 0.25) is 0 Å². The molecule has 0 aromatic heterocycles. The summed E-state index contributed by atoms with van der Waals surface area (Å²) in [5.74, 6) is 0.742. The predicted octanol–water partition coefficient (Wildman–Crippen LogP) is 4.93. The van der Waals surface area contributed by atoms with Crippen molar-refractivity contribution in [1.29, 1.82) is 0 Å². The van der Waals surface area contributed by atoms with E-state index >= 15 is 0 Å². The van der Waals surface area contributed by atoms with Crippen molar-refractivity contribution >= 4 is 52.3 Å². The molecule has 0 atom stereocenters. The van der Waals surface area contributed by atoms with E-state index in [0.29, 0.717) is 15.0 Å². The molecule has 0 aliphatic carbocycles. The number of nitrogens with zero attached hydrogens (tertiary/aromatic N) is 1. The van der Waals surface area contributed by atoms with Crippen LogP contribution in [-0.2, 0) is 9.59 Å². The molecule has 2 aromatic carbocycles. The number of hydrogen-bond donors (Lipinski definition) is 0. The normalized spacial score (nSPS) is 15.2. The summed E-state index contributed by atoms with van der Waals surface area (Å²) in [5.41, 5.74) is 1.57. The average molecular weight is 470 g/mol. The van der Waals surface area contributed by atoms with Gasteiger partial charge in [0.15, 0.2) is 11.5 Å². The number of carbonyl (C=O) groups is 2. The highest BCUT2D eigenvalue weighted by Gasteiger charge is 2.33. The van der Waals surface area contributed by atoms with Crippen molar-refractivity contribution in [1.82, 2.24) is 4.90 Å². The summed E-state index contributed by atoms with van der Waals surface area (Å²) in [6.45, 7) is 3.84. The standard InChI is InChI=1S/C24H23NO5S2/c1-15(2)25-23(27)21(32-24(25)31)14-17-7-11-19(20(13-17)29-4)30-22(26)12-8-16-5-9-18(28-3)10-6-16/h5-15H,1-4H3. The molecule has 1 amide bonds. The summed E-state index contributed by atoms with van der Waals surface area (Å²) < 4.78 is 16.4. The zero-order valence-corrected chi connectivity index (χ0v) is 19.8. The van der Waals surface area contributed by atoms with Crippen molar-refractivity contribution in [3.8, 4) is 17.2 Å². The predicted molar refractivity (Wildman–Crippen MR) is 131 cm³/mol. The maximum Gasteiger partial charge on any atom is 0.336 e. The summed E-state index contributed by atoms with van der Waals surface area (Å²) in [4.78, 5) is 27.0. The van der Waals surface area contributed by atoms with Crippen LogP contribution >= 0.6 is 24.0 Å². The molecule has 0 unspecified atom stereocenters. The molecule has 1 aliphatic heterocycles. The molecule has 3 rings (SSSR count). The molecule has 1 heterocycles. The van der Waals surface area contributed by atoms with E-state index in [4.69, 9.17) is 26.4 Å². The molecule has 0 N–H and O–H groups in total. The second-order valence-corrected chi connectivity index (χ2v) is 8.76. The molecule has 1 aliphatic rings. The Hall–Kier alpha value is -3.10. The number of thiocarbonyl (C=S) groups is 1. The number of rotatable bonds is 7. The Balaban J connectivity index is 1.72. The second-order valence-electron chi connectivity index (χ2n) is 7.08. The first-order chi connectivity index (χ1) is 15.3. The van der Waals surface area contributed by atoms with Crippen LogP contribution in [0.4, 0.5) is 0 Å². The highest BCUT2D eigenvalue weighted by molar-refractivity contribution is 8.26. The third-order valence-corrected chi connectivity index (χ3v) is 5.89. The van der Waals surface area contributed by atoms with Gasteiger partial charge < -0.3 is 14.2 Å². The molecule has 1 fully saturated rings. The Kier molecular flexibility index (Phi) is 7.71. The van der Waals surface area contributed by atoms with Crippen LogP contribution in [-0.4, -0.2) is 41.4 Å². The van der Waals surface area contributed by atoms with Gasteiger partial charge in [-0.2, -0.15) is 0 Å². The molecular weight excluding hydrogens is 446 g/mol. The summed E-state index contributed by atoms with van der Waals surface area (Å²) in [7, 11) is 3.08. The number of carbonyl (C=O) groups excluding carboxylic acids is 2. The van der Waals surface area contributed by atoms with Gasteiger partial charge in [-0.05, 0) is 61.4 Å². The Labute approximate surface area is 196 Å². The fraction of sp³-hybridized carbons (Fsp3) is 0.208. The lowest BCUT2D eigenvalue weighted by molar-refractivity contribution is -0.129. The Bertz CT molecular complexity index is 1090. The molecule has 0 saturated carbocycles. The van der Waals surface area contributed by atoms with Crippen LogP contribution in [0.3, 0.4) is 0 Å². The van der Waals surface area contributed by atoms with Gasteiger partial charge in [-0.25, -0.2) is 4.79 Å². The Morgan fingerprint density at radius 1 is 1.03 bits per heavy atom. The number of ether oxygens (including phenoxy) is 3. The van der Waals surface area contributed by atoms with Crippen molar-refractivity contribution in [2.45, 2.75) is 19.9 Å². The van der Waals surface area contributed by atoms with Crippen LogP contribution in [0.1, 0.15) is 25.0 Å². The largest absolute Gasteiger partial charge is 0.497 e. The highest BCUT2D eigenvalue weighted by atomic mass is 32.2. The fourth-order valence-corrected chi connectivity index (χ4v) is 4.48. The molecule has 8 heteroatoms. The van der Waals surface area contributed by atoms with Gasteiger partial charge in [0.2, 0.25) is 0 Å². The Morgan fingerprint density at radius 3 is 2.31 bits per heavy atom. The summed E-state index contributed by atoms with van der Waals surface area (Å²) in [6.07, 6.45) is 4.74. The molecule has 0 radical (unpaired) electrons. The van der Waals surface area contributed by atoms with Gasteiger partial charge in [0, 0.05) is 12.1 Å². The van der Waals surface area contributed by atoms with Crippen molar-refractivity contribution in [3.63, 3.8) is 0 Å². The number of benzene rings is 2. The SMILES string of the molecule is COc1ccc(C=CC(=O)Oc2ccc(C=C3SC(=S)N(C(C)C)C3=O)cc2OC)cc1. The molecule has 1 saturated heterocycles. The number of hydrogen-bond acceptors (Lipinski definition) is 7. The van der Waals surface area contributed by atoms with E-state index in [0.717, 1.165) is 16.9 Å². The van der Waals surface area contributed by atoms with E-state index in [-0.39, 0.29) is 17.7 Å². The monoisotopic (exact) mass is 469 g/mol. The summed E-state index contributed by atoms with van der Waals surface area (Å²) >= 11 is 6.57. The smallest absolute Gasteiger partial charge is 0.336 e. The van der Waals surface area contributed by atoms with Gasteiger partial charge in [0.25, 0.3) is 5.91 Å². The third-order valence-electron chi connectivity index (χ3n) is 4.56. The van der Waals surface area contributed by atoms with E-state index in [2.05, 4.69) is 0 Å². The van der Waals surface area contributed by atoms with Gasteiger partial charge >= 0.3 is 5.97 Å². The second kappa shape index (κ2) is 10.5.